The minimum absolute atomic E-state index is 0.314. The number of piperidine rings is 1. The minimum Gasteiger partial charge on any atom is -0.348 e. The van der Waals surface area contributed by atoms with Crippen molar-refractivity contribution >= 4 is 16.5 Å². The molecule has 3 heterocycles. The topological polar surface area (TPSA) is 31.4 Å². The number of piperazine rings is 1. The molecule has 2 fully saturated rings. The Balaban J connectivity index is 1.27. The summed E-state index contributed by atoms with van der Waals surface area (Å²) in [6, 6.07) is 7.83. The fraction of sp³-hybridized carbons (Fsp3) is 0.625. The Bertz CT molecular complexity index is 844. The van der Waals surface area contributed by atoms with Crippen LogP contribution in [0.4, 0.5) is 5.13 Å². The molecule has 29 heavy (non-hydrogen) atoms. The maximum atomic E-state index is 5.05. The standard InChI is InChI=1S/C24H34N4S/c1-24(2)9-3-4-18-16-19(5-6-21(18)24)22-17-29-23(26-22)28-12-7-20(8-13-28)27-14-10-25-11-15-27/h5-6,16-17,20,25H,3-4,7-15H2,1-2H3. The predicted octanol–water partition coefficient (Wildman–Crippen LogP) is 4.30. The summed E-state index contributed by atoms with van der Waals surface area (Å²) in [5.74, 6) is 0. The number of aromatic nitrogens is 1. The molecule has 156 valence electrons. The Morgan fingerprint density at radius 1 is 1.10 bits per heavy atom. The quantitative estimate of drug-likeness (QED) is 0.818. The van der Waals surface area contributed by atoms with Gasteiger partial charge in [-0.2, -0.15) is 0 Å². The van der Waals surface area contributed by atoms with Crippen LogP contribution in [0.25, 0.3) is 11.3 Å². The highest BCUT2D eigenvalue weighted by Crippen LogP contribution is 2.39. The smallest absolute Gasteiger partial charge is 0.185 e. The molecule has 0 saturated carbocycles. The van der Waals surface area contributed by atoms with Crippen LogP contribution in [-0.4, -0.2) is 55.2 Å². The second-order valence-corrected chi connectivity index (χ2v) is 10.5. The zero-order valence-corrected chi connectivity index (χ0v) is 18.7. The Hall–Kier alpha value is -1.43. The predicted molar refractivity (Wildman–Crippen MR) is 123 cm³/mol. The summed E-state index contributed by atoms with van der Waals surface area (Å²) in [4.78, 5) is 10.2. The second-order valence-electron chi connectivity index (χ2n) is 9.63. The number of aryl methyl sites for hydroxylation is 1. The molecule has 2 saturated heterocycles. The molecule has 4 nitrogen and oxygen atoms in total. The van der Waals surface area contributed by atoms with Gasteiger partial charge in [-0.15, -0.1) is 11.3 Å². The second kappa shape index (κ2) is 8.01. The molecule has 0 radical (unpaired) electrons. The van der Waals surface area contributed by atoms with Gasteiger partial charge in [0.25, 0.3) is 0 Å². The van der Waals surface area contributed by atoms with Gasteiger partial charge in [0.1, 0.15) is 0 Å². The summed E-state index contributed by atoms with van der Waals surface area (Å²) in [5, 5.41) is 6.93. The van der Waals surface area contributed by atoms with Crippen molar-refractivity contribution in [1.82, 2.24) is 15.2 Å². The minimum atomic E-state index is 0.314. The third kappa shape index (κ3) is 3.97. The maximum Gasteiger partial charge on any atom is 0.185 e. The number of rotatable bonds is 3. The summed E-state index contributed by atoms with van der Waals surface area (Å²) in [6.45, 7) is 11.8. The van der Waals surface area contributed by atoms with Crippen LogP contribution in [0.1, 0.15) is 50.7 Å². The summed E-state index contributed by atoms with van der Waals surface area (Å²) >= 11 is 1.82. The molecule has 2 aromatic rings. The van der Waals surface area contributed by atoms with Crippen LogP contribution < -0.4 is 10.2 Å². The first kappa shape index (κ1) is 19.5. The van der Waals surface area contributed by atoms with E-state index >= 15 is 0 Å². The van der Waals surface area contributed by atoms with Gasteiger partial charge in [0, 0.05) is 56.3 Å². The van der Waals surface area contributed by atoms with Gasteiger partial charge in [0.05, 0.1) is 5.69 Å². The van der Waals surface area contributed by atoms with Gasteiger partial charge in [-0.3, -0.25) is 4.90 Å². The van der Waals surface area contributed by atoms with Gasteiger partial charge in [-0.25, -0.2) is 4.98 Å². The number of benzene rings is 1. The van der Waals surface area contributed by atoms with Crippen molar-refractivity contribution in [1.29, 1.82) is 0 Å². The van der Waals surface area contributed by atoms with Gasteiger partial charge in [-0.1, -0.05) is 26.0 Å². The first-order chi connectivity index (χ1) is 14.1. The van der Waals surface area contributed by atoms with E-state index < -0.39 is 0 Å². The van der Waals surface area contributed by atoms with Crippen LogP contribution in [0.3, 0.4) is 0 Å². The van der Waals surface area contributed by atoms with Crippen LogP contribution in [0, 0.1) is 0 Å². The number of fused-ring (bicyclic) bond motifs is 1. The van der Waals surface area contributed by atoms with Crippen molar-refractivity contribution in [3.05, 3.63) is 34.7 Å². The van der Waals surface area contributed by atoms with Crippen LogP contribution in [-0.2, 0) is 11.8 Å². The lowest BCUT2D eigenvalue weighted by Gasteiger charge is -2.40. The fourth-order valence-electron chi connectivity index (χ4n) is 5.49. The monoisotopic (exact) mass is 410 g/mol. The third-order valence-corrected chi connectivity index (χ3v) is 8.17. The summed E-state index contributed by atoms with van der Waals surface area (Å²) in [6.07, 6.45) is 6.34. The molecular weight excluding hydrogens is 376 g/mol. The summed E-state index contributed by atoms with van der Waals surface area (Å²) in [7, 11) is 0. The van der Waals surface area contributed by atoms with E-state index in [1.165, 1.54) is 67.0 Å². The van der Waals surface area contributed by atoms with Crippen molar-refractivity contribution in [2.24, 2.45) is 0 Å². The van der Waals surface area contributed by atoms with Gasteiger partial charge in [0.2, 0.25) is 0 Å². The van der Waals surface area contributed by atoms with E-state index in [9.17, 15) is 0 Å². The molecule has 1 aromatic heterocycles. The Labute approximate surface area is 179 Å². The van der Waals surface area contributed by atoms with E-state index in [1.807, 2.05) is 11.3 Å². The Morgan fingerprint density at radius 3 is 2.69 bits per heavy atom. The fourth-order valence-corrected chi connectivity index (χ4v) is 6.38. The molecule has 1 aliphatic carbocycles. The molecule has 0 spiro atoms. The highest BCUT2D eigenvalue weighted by molar-refractivity contribution is 7.14. The number of anilines is 1. The number of thiazole rings is 1. The average molecular weight is 411 g/mol. The normalized spacial score (nSPS) is 23.2. The molecule has 1 N–H and O–H groups in total. The van der Waals surface area contributed by atoms with Gasteiger partial charge in [0.15, 0.2) is 5.13 Å². The summed E-state index contributed by atoms with van der Waals surface area (Å²) in [5.41, 5.74) is 5.83. The number of nitrogens with zero attached hydrogens (tertiary/aromatic N) is 3. The van der Waals surface area contributed by atoms with E-state index in [0.29, 0.717) is 5.41 Å². The SMILES string of the molecule is CC1(C)CCCc2cc(-c3csc(N4CCC(N5CCNCC5)CC4)n3)ccc21. The van der Waals surface area contributed by atoms with Crippen LogP contribution in [0.5, 0.6) is 0 Å². The molecule has 1 aromatic carbocycles. The molecule has 0 bridgehead atoms. The zero-order chi connectivity index (χ0) is 19.8. The first-order valence-electron chi connectivity index (χ1n) is 11.4. The van der Waals surface area contributed by atoms with Crippen molar-refractivity contribution in [3.63, 3.8) is 0 Å². The number of nitrogens with one attached hydrogen (secondary N) is 1. The molecule has 3 aliphatic rings. The van der Waals surface area contributed by atoms with Crippen molar-refractivity contribution < 1.29 is 0 Å². The first-order valence-corrected chi connectivity index (χ1v) is 12.3. The molecule has 5 rings (SSSR count). The van der Waals surface area contributed by atoms with Gasteiger partial charge < -0.3 is 10.2 Å². The van der Waals surface area contributed by atoms with Crippen LogP contribution in [0.15, 0.2) is 23.6 Å². The van der Waals surface area contributed by atoms with E-state index in [-0.39, 0.29) is 0 Å². The van der Waals surface area contributed by atoms with E-state index in [0.717, 1.165) is 37.9 Å². The van der Waals surface area contributed by atoms with Crippen molar-refractivity contribution in [3.8, 4) is 11.3 Å². The molecule has 0 amide bonds. The molecule has 2 aliphatic heterocycles. The molecule has 0 unspecified atom stereocenters. The molecular formula is C24H34N4S. The number of hydrogen-bond acceptors (Lipinski definition) is 5. The highest BCUT2D eigenvalue weighted by Gasteiger charge is 2.28. The molecule has 0 atom stereocenters. The van der Waals surface area contributed by atoms with E-state index in [1.54, 1.807) is 0 Å². The Kier molecular flexibility index (Phi) is 5.39. The Morgan fingerprint density at radius 2 is 1.90 bits per heavy atom. The lowest BCUT2D eigenvalue weighted by Crippen LogP contribution is -2.52. The molecule has 5 heteroatoms. The maximum absolute atomic E-state index is 5.05. The van der Waals surface area contributed by atoms with Crippen LogP contribution >= 0.6 is 11.3 Å². The lowest BCUT2D eigenvalue weighted by atomic mass is 9.72. The lowest BCUT2D eigenvalue weighted by molar-refractivity contribution is 0.150. The van der Waals surface area contributed by atoms with Gasteiger partial charge in [-0.05, 0) is 54.7 Å². The van der Waals surface area contributed by atoms with E-state index in [4.69, 9.17) is 4.98 Å². The third-order valence-electron chi connectivity index (χ3n) is 7.27. The van der Waals surface area contributed by atoms with Gasteiger partial charge >= 0.3 is 0 Å². The van der Waals surface area contributed by atoms with Crippen molar-refractivity contribution in [2.45, 2.75) is 57.4 Å². The highest BCUT2D eigenvalue weighted by atomic mass is 32.1. The zero-order valence-electron chi connectivity index (χ0n) is 17.9. The van der Waals surface area contributed by atoms with Crippen LogP contribution in [0.2, 0.25) is 0 Å². The summed E-state index contributed by atoms with van der Waals surface area (Å²) < 4.78 is 0. The van der Waals surface area contributed by atoms with E-state index in [2.05, 4.69) is 52.5 Å². The average Bonchev–Trinajstić information content (AvgIpc) is 3.24. The largest absolute Gasteiger partial charge is 0.348 e. The number of hydrogen-bond donors (Lipinski definition) is 1. The van der Waals surface area contributed by atoms with Crippen molar-refractivity contribution in [2.75, 3.05) is 44.2 Å².